The van der Waals surface area contributed by atoms with Crippen molar-refractivity contribution >= 4 is 5.91 Å². The third-order valence-corrected chi connectivity index (χ3v) is 4.64. The molecule has 1 aliphatic rings. The maximum absolute atomic E-state index is 11.9. The first-order valence-corrected chi connectivity index (χ1v) is 8.76. The average molecular weight is 330 g/mol. The minimum atomic E-state index is -0.0161. The first-order chi connectivity index (χ1) is 11.7. The summed E-state index contributed by atoms with van der Waals surface area (Å²) < 4.78 is 7.29. The number of hydrogen-bond donors (Lipinski definition) is 2. The molecule has 1 amide bonds. The molecule has 130 valence electrons. The quantitative estimate of drug-likeness (QED) is 0.818. The van der Waals surface area contributed by atoms with Crippen molar-refractivity contribution in [2.45, 2.75) is 64.2 Å². The van der Waals surface area contributed by atoms with Gasteiger partial charge in [0, 0.05) is 43.2 Å². The molecule has 2 aromatic heterocycles. The molecule has 0 saturated carbocycles. The molecular weight excluding hydrogens is 304 g/mol. The van der Waals surface area contributed by atoms with Crippen molar-refractivity contribution < 1.29 is 9.21 Å². The topological polar surface area (TPSA) is 72.1 Å². The van der Waals surface area contributed by atoms with E-state index in [0.29, 0.717) is 12.5 Å². The van der Waals surface area contributed by atoms with E-state index in [1.165, 1.54) is 0 Å². The van der Waals surface area contributed by atoms with E-state index in [1.807, 2.05) is 29.2 Å². The highest BCUT2D eigenvalue weighted by Crippen LogP contribution is 2.24. The number of amides is 1. The molecule has 0 aliphatic carbocycles. The Hall–Kier alpha value is -2.08. The first kappa shape index (κ1) is 16.8. The van der Waals surface area contributed by atoms with Gasteiger partial charge in [0.25, 0.3) is 0 Å². The van der Waals surface area contributed by atoms with Gasteiger partial charge in [0.2, 0.25) is 5.91 Å². The standard InChI is InChI=1S/C18H26N4O2/c1-3-22-12-14(11-19-22)18-16(8-9-17(23)21-18)20-13(2)6-7-15-5-4-10-24-15/h4-5,10-13,16,18,20H,3,6-9H2,1-2H3,(H,21,23)/t13-,16+,18-/m0/s1. The molecule has 0 radical (unpaired) electrons. The average Bonchev–Trinajstić information content (AvgIpc) is 3.26. The molecule has 0 unspecified atom stereocenters. The summed E-state index contributed by atoms with van der Waals surface area (Å²) in [6.07, 6.45) is 8.93. The summed E-state index contributed by atoms with van der Waals surface area (Å²) in [7, 11) is 0. The van der Waals surface area contributed by atoms with Crippen LogP contribution in [0.15, 0.2) is 35.2 Å². The van der Waals surface area contributed by atoms with Gasteiger partial charge in [-0.05, 0) is 38.8 Å². The Morgan fingerprint density at radius 2 is 2.42 bits per heavy atom. The Morgan fingerprint density at radius 3 is 3.12 bits per heavy atom. The van der Waals surface area contributed by atoms with Crippen molar-refractivity contribution in [2.75, 3.05) is 0 Å². The van der Waals surface area contributed by atoms with Gasteiger partial charge in [-0.3, -0.25) is 9.48 Å². The highest BCUT2D eigenvalue weighted by molar-refractivity contribution is 5.77. The molecule has 3 heterocycles. The van der Waals surface area contributed by atoms with E-state index in [-0.39, 0.29) is 18.0 Å². The van der Waals surface area contributed by atoms with E-state index in [1.54, 1.807) is 6.26 Å². The summed E-state index contributed by atoms with van der Waals surface area (Å²) >= 11 is 0. The van der Waals surface area contributed by atoms with Crippen LogP contribution in [0.25, 0.3) is 0 Å². The molecule has 24 heavy (non-hydrogen) atoms. The SMILES string of the molecule is CCn1cc([C@@H]2NC(=O)CC[C@H]2N[C@@H](C)CCc2ccco2)cn1. The fourth-order valence-corrected chi connectivity index (χ4v) is 3.27. The lowest BCUT2D eigenvalue weighted by Crippen LogP contribution is -2.50. The van der Waals surface area contributed by atoms with E-state index in [4.69, 9.17) is 4.42 Å². The number of carbonyl (C=O) groups is 1. The second-order valence-electron chi connectivity index (χ2n) is 6.51. The lowest BCUT2D eigenvalue weighted by Gasteiger charge is -2.34. The van der Waals surface area contributed by atoms with Crippen molar-refractivity contribution in [1.82, 2.24) is 20.4 Å². The van der Waals surface area contributed by atoms with Crippen molar-refractivity contribution in [3.8, 4) is 0 Å². The molecule has 2 N–H and O–H groups in total. The van der Waals surface area contributed by atoms with Gasteiger partial charge in [0.1, 0.15) is 5.76 Å². The Kier molecular flexibility index (Phi) is 5.35. The lowest BCUT2D eigenvalue weighted by molar-refractivity contribution is -0.124. The molecule has 0 bridgehead atoms. The fraction of sp³-hybridized carbons (Fsp3) is 0.556. The summed E-state index contributed by atoms with van der Waals surface area (Å²) in [4.78, 5) is 11.9. The normalized spacial score (nSPS) is 22.3. The first-order valence-electron chi connectivity index (χ1n) is 8.76. The second kappa shape index (κ2) is 7.66. The molecule has 0 aromatic carbocycles. The smallest absolute Gasteiger partial charge is 0.220 e. The van der Waals surface area contributed by atoms with E-state index < -0.39 is 0 Å². The van der Waals surface area contributed by atoms with Gasteiger partial charge in [-0.25, -0.2) is 0 Å². The van der Waals surface area contributed by atoms with Crippen LogP contribution in [0, 0.1) is 0 Å². The molecule has 6 heteroatoms. The number of nitrogens with zero attached hydrogens (tertiary/aromatic N) is 2. The molecule has 6 nitrogen and oxygen atoms in total. The third kappa shape index (κ3) is 4.06. The zero-order valence-electron chi connectivity index (χ0n) is 14.4. The van der Waals surface area contributed by atoms with Crippen LogP contribution >= 0.6 is 0 Å². The van der Waals surface area contributed by atoms with Crippen molar-refractivity contribution in [1.29, 1.82) is 0 Å². The Balaban J connectivity index is 1.61. The Labute approximate surface area is 142 Å². The number of carbonyl (C=O) groups excluding carboxylic acids is 1. The fourth-order valence-electron chi connectivity index (χ4n) is 3.27. The number of rotatable bonds is 7. The second-order valence-corrected chi connectivity index (χ2v) is 6.51. The van der Waals surface area contributed by atoms with Crippen LogP contribution in [0.1, 0.15) is 50.5 Å². The maximum Gasteiger partial charge on any atom is 0.220 e. The Morgan fingerprint density at radius 1 is 1.54 bits per heavy atom. The van der Waals surface area contributed by atoms with E-state index in [2.05, 4.69) is 29.6 Å². The number of hydrogen-bond acceptors (Lipinski definition) is 4. The predicted octanol–water partition coefficient (Wildman–Crippen LogP) is 2.43. The van der Waals surface area contributed by atoms with E-state index >= 15 is 0 Å². The van der Waals surface area contributed by atoms with Crippen LogP contribution in [0.2, 0.25) is 0 Å². The minimum absolute atomic E-state index is 0.0161. The van der Waals surface area contributed by atoms with Crippen molar-refractivity contribution in [3.05, 3.63) is 42.1 Å². The molecule has 3 atom stereocenters. The summed E-state index contributed by atoms with van der Waals surface area (Å²) in [6, 6.07) is 4.49. The highest BCUT2D eigenvalue weighted by Gasteiger charge is 2.31. The van der Waals surface area contributed by atoms with Crippen LogP contribution in [-0.4, -0.2) is 27.8 Å². The molecule has 2 aromatic rings. The van der Waals surface area contributed by atoms with Gasteiger partial charge in [-0.2, -0.15) is 5.10 Å². The molecular formula is C18H26N4O2. The van der Waals surface area contributed by atoms with Crippen LogP contribution < -0.4 is 10.6 Å². The molecule has 1 saturated heterocycles. The minimum Gasteiger partial charge on any atom is -0.469 e. The van der Waals surface area contributed by atoms with Gasteiger partial charge >= 0.3 is 0 Å². The Bertz CT molecular complexity index is 650. The summed E-state index contributed by atoms with van der Waals surface area (Å²) in [5, 5.41) is 11.1. The summed E-state index contributed by atoms with van der Waals surface area (Å²) in [6.45, 7) is 5.08. The van der Waals surface area contributed by atoms with Crippen LogP contribution in [0.5, 0.6) is 0 Å². The molecule has 1 aliphatic heterocycles. The van der Waals surface area contributed by atoms with E-state index in [0.717, 1.165) is 37.1 Å². The van der Waals surface area contributed by atoms with Gasteiger partial charge in [0.05, 0.1) is 18.5 Å². The number of aryl methyl sites for hydroxylation is 2. The number of nitrogens with one attached hydrogen (secondary N) is 2. The number of piperidine rings is 1. The third-order valence-electron chi connectivity index (χ3n) is 4.64. The van der Waals surface area contributed by atoms with E-state index in [9.17, 15) is 4.79 Å². The van der Waals surface area contributed by atoms with Gasteiger partial charge < -0.3 is 15.1 Å². The van der Waals surface area contributed by atoms with Crippen molar-refractivity contribution in [3.63, 3.8) is 0 Å². The molecule has 1 fully saturated rings. The molecule has 0 spiro atoms. The van der Waals surface area contributed by atoms with Crippen molar-refractivity contribution in [2.24, 2.45) is 0 Å². The van der Waals surface area contributed by atoms with Crippen LogP contribution in [-0.2, 0) is 17.8 Å². The van der Waals surface area contributed by atoms with Gasteiger partial charge in [-0.15, -0.1) is 0 Å². The summed E-state index contributed by atoms with van der Waals surface area (Å²) in [5.74, 6) is 1.13. The number of aromatic nitrogens is 2. The van der Waals surface area contributed by atoms with Gasteiger partial charge in [0.15, 0.2) is 0 Å². The van der Waals surface area contributed by atoms with Crippen LogP contribution in [0.3, 0.4) is 0 Å². The van der Waals surface area contributed by atoms with Gasteiger partial charge in [-0.1, -0.05) is 0 Å². The number of furan rings is 1. The molecule has 3 rings (SSSR count). The lowest BCUT2D eigenvalue weighted by atomic mass is 9.92. The maximum atomic E-state index is 11.9. The zero-order valence-corrected chi connectivity index (χ0v) is 14.4. The van der Waals surface area contributed by atoms with Crippen LogP contribution in [0.4, 0.5) is 0 Å². The zero-order chi connectivity index (χ0) is 16.9. The summed E-state index contributed by atoms with van der Waals surface area (Å²) in [5.41, 5.74) is 1.07. The predicted molar refractivity (Wildman–Crippen MR) is 91.4 cm³/mol. The highest BCUT2D eigenvalue weighted by atomic mass is 16.3. The largest absolute Gasteiger partial charge is 0.469 e. The monoisotopic (exact) mass is 330 g/mol.